The summed E-state index contributed by atoms with van der Waals surface area (Å²) in [5.41, 5.74) is 1.03. The molecule has 7 nitrogen and oxygen atoms in total. The number of carbonyl (C=O) groups excluding carboxylic acids is 3. The minimum Gasteiger partial charge on any atom is -0.326 e. The van der Waals surface area contributed by atoms with Crippen LogP contribution in [-0.4, -0.2) is 28.9 Å². The lowest BCUT2D eigenvalue weighted by Crippen LogP contribution is -2.24. The van der Waals surface area contributed by atoms with Crippen molar-refractivity contribution < 1.29 is 14.4 Å². The van der Waals surface area contributed by atoms with Gasteiger partial charge in [0.25, 0.3) is 5.91 Å². The van der Waals surface area contributed by atoms with Crippen LogP contribution in [0.25, 0.3) is 0 Å². The molecule has 2 heterocycles. The molecular weight excluding hydrogens is 411 g/mol. The van der Waals surface area contributed by atoms with E-state index in [4.69, 9.17) is 23.2 Å². The number of amides is 3. The minimum absolute atomic E-state index is 0.0336. The maximum Gasteiger partial charge on any atom is 0.269 e. The predicted octanol–water partition coefficient (Wildman–Crippen LogP) is 3.35. The Kier molecular flexibility index (Phi) is 6.00. The monoisotopic (exact) mass is 422 g/mol. The van der Waals surface area contributed by atoms with Crippen LogP contribution >= 0.6 is 34.5 Å². The largest absolute Gasteiger partial charge is 0.326 e. The summed E-state index contributed by atoms with van der Waals surface area (Å²) in [4.78, 5) is 43.0. The summed E-state index contributed by atoms with van der Waals surface area (Å²) >= 11 is 13.0. The molecule has 0 fully saturated rings. The second kappa shape index (κ2) is 8.43. The molecule has 138 valence electrons. The fraction of sp³-hybridized carbons (Fsp3) is 0.118. The van der Waals surface area contributed by atoms with Crippen molar-refractivity contribution in [2.24, 2.45) is 10.9 Å². The Morgan fingerprint density at radius 1 is 1.19 bits per heavy atom. The summed E-state index contributed by atoms with van der Waals surface area (Å²) in [6.07, 6.45) is 4.01. The number of halogens is 2. The maximum absolute atomic E-state index is 12.1. The van der Waals surface area contributed by atoms with Crippen molar-refractivity contribution in [1.29, 1.82) is 0 Å². The Morgan fingerprint density at radius 2 is 2.00 bits per heavy atom. The second-order valence-corrected chi connectivity index (χ2v) is 7.16. The summed E-state index contributed by atoms with van der Waals surface area (Å²) in [5.74, 6) is -1.67. The fourth-order valence-electron chi connectivity index (χ4n) is 2.17. The molecule has 0 aliphatic carbocycles. The second-order valence-electron chi connectivity index (χ2n) is 5.49. The number of dihydropyridines is 1. The van der Waals surface area contributed by atoms with E-state index in [1.54, 1.807) is 23.6 Å². The van der Waals surface area contributed by atoms with E-state index in [2.05, 4.69) is 20.6 Å². The summed E-state index contributed by atoms with van der Waals surface area (Å²) in [6.45, 7) is 0. The van der Waals surface area contributed by atoms with Gasteiger partial charge in [-0.1, -0.05) is 29.3 Å². The molecule has 1 aliphatic heterocycles. The molecule has 1 atom stereocenters. The number of thiazole rings is 1. The first-order valence-electron chi connectivity index (χ1n) is 7.67. The van der Waals surface area contributed by atoms with E-state index in [-0.39, 0.29) is 18.2 Å². The van der Waals surface area contributed by atoms with Crippen molar-refractivity contribution in [2.45, 2.75) is 6.42 Å². The topological polar surface area (TPSA) is 101 Å². The molecule has 0 saturated carbocycles. The van der Waals surface area contributed by atoms with Crippen LogP contribution in [-0.2, 0) is 20.8 Å². The van der Waals surface area contributed by atoms with Crippen LogP contribution < -0.4 is 10.6 Å². The smallest absolute Gasteiger partial charge is 0.269 e. The lowest BCUT2D eigenvalue weighted by Gasteiger charge is -2.08. The molecule has 0 saturated heterocycles. The highest BCUT2D eigenvalue weighted by atomic mass is 35.5. The van der Waals surface area contributed by atoms with Gasteiger partial charge in [0, 0.05) is 23.4 Å². The van der Waals surface area contributed by atoms with Crippen LogP contribution in [0.15, 0.2) is 40.7 Å². The number of aromatic nitrogens is 1. The summed E-state index contributed by atoms with van der Waals surface area (Å²) < 4.78 is 0. The van der Waals surface area contributed by atoms with Crippen molar-refractivity contribution >= 4 is 69.3 Å². The molecule has 0 radical (unpaired) electrons. The Balaban J connectivity index is 1.55. The lowest BCUT2D eigenvalue weighted by atomic mass is 10.1. The van der Waals surface area contributed by atoms with Crippen LogP contribution in [0.3, 0.4) is 0 Å². The van der Waals surface area contributed by atoms with Crippen LogP contribution in [0.1, 0.15) is 5.69 Å². The molecule has 1 aromatic heterocycles. The van der Waals surface area contributed by atoms with Crippen molar-refractivity contribution in [2.75, 3.05) is 10.6 Å². The van der Waals surface area contributed by atoms with Gasteiger partial charge in [-0.25, -0.2) is 9.98 Å². The van der Waals surface area contributed by atoms with Gasteiger partial charge >= 0.3 is 0 Å². The number of nitrogens with one attached hydrogen (secondary N) is 2. The maximum atomic E-state index is 12.1. The van der Waals surface area contributed by atoms with Crippen LogP contribution in [0.4, 0.5) is 10.8 Å². The quantitative estimate of drug-likeness (QED) is 0.770. The molecule has 1 unspecified atom stereocenters. The highest BCUT2D eigenvalue weighted by Crippen LogP contribution is 2.25. The molecule has 1 aliphatic rings. The first-order valence-corrected chi connectivity index (χ1v) is 9.31. The van der Waals surface area contributed by atoms with Gasteiger partial charge in [0.05, 0.1) is 28.1 Å². The molecule has 0 spiro atoms. The minimum atomic E-state index is -0.631. The van der Waals surface area contributed by atoms with E-state index in [0.29, 0.717) is 26.6 Å². The molecule has 10 heteroatoms. The van der Waals surface area contributed by atoms with Crippen LogP contribution in [0.2, 0.25) is 10.0 Å². The normalized spacial score (nSPS) is 15.6. The van der Waals surface area contributed by atoms with E-state index in [1.165, 1.54) is 29.7 Å². The Morgan fingerprint density at radius 3 is 2.70 bits per heavy atom. The lowest BCUT2D eigenvalue weighted by molar-refractivity contribution is -0.117. The molecule has 3 rings (SSSR count). The van der Waals surface area contributed by atoms with E-state index in [1.807, 2.05) is 0 Å². The van der Waals surface area contributed by atoms with E-state index in [0.717, 1.165) is 0 Å². The number of carbonyl (C=O) groups is 3. The number of hydrogen-bond donors (Lipinski definition) is 2. The Hall–Kier alpha value is -2.55. The third-order valence-electron chi connectivity index (χ3n) is 3.44. The zero-order valence-corrected chi connectivity index (χ0v) is 15.9. The number of aliphatic imine (C=N–C) groups is 1. The fourth-order valence-corrected chi connectivity index (χ4v) is 3.18. The summed E-state index contributed by atoms with van der Waals surface area (Å²) in [6, 6.07) is 4.79. The molecular formula is C17H12Cl2N4O3S. The van der Waals surface area contributed by atoms with E-state index < -0.39 is 11.8 Å². The van der Waals surface area contributed by atoms with Gasteiger partial charge in [0.15, 0.2) is 5.13 Å². The Labute approximate surface area is 168 Å². The highest BCUT2D eigenvalue weighted by Gasteiger charge is 2.18. The molecule has 3 amide bonds. The molecule has 0 bridgehead atoms. The zero-order chi connectivity index (χ0) is 19.4. The van der Waals surface area contributed by atoms with Crippen LogP contribution in [0, 0.1) is 5.92 Å². The highest BCUT2D eigenvalue weighted by molar-refractivity contribution is 7.14. The summed E-state index contributed by atoms with van der Waals surface area (Å²) in [5, 5.41) is 8.11. The van der Waals surface area contributed by atoms with Gasteiger partial charge in [-0.3, -0.25) is 14.4 Å². The van der Waals surface area contributed by atoms with Gasteiger partial charge in [-0.05, 0) is 18.2 Å². The number of hydrogen-bond acceptors (Lipinski definition) is 5. The number of nitrogens with zero attached hydrogens (tertiary/aromatic N) is 2. The van der Waals surface area contributed by atoms with Gasteiger partial charge in [-0.15, -0.1) is 11.3 Å². The first kappa shape index (κ1) is 19.2. The molecule has 1 aromatic carbocycles. The van der Waals surface area contributed by atoms with Gasteiger partial charge < -0.3 is 10.6 Å². The van der Waals surface area contributed by atoms with Crippen LogP contribution in [0.5, 0.6) is 0 Å². The first-order chi connectivity index (χ1) is 12.9. The average molecular weight is 423 g/mol. The van der Waals surface area contributed by atoms with Crippen molar-refractivity contribution in [3.05, 3.63) is 51.5 Å². The predicted molar refractivity (Wildman–Crippen MR) is 106 cm³/mol. The van der Waals surface area contributed by atoms with Crippen molar-refractivity contribution in [3.8, 4) is 0 Å². The number of rotatable bonds is 5. The third-order valence-corrected chi connectivity index (χ3v) is 4.98. The molecule has 27 heavy (non-hydrogen) atoms. The van der Waals surface area contributed by atoms with Gasteiger partial charge in [-0.2, -0.15) is 0 Å². The molecule has 2 N–H and O–H groups in total. The van der Waals surface area contributed by atoms with E-state index >= 15 is 0 Å². The average Bonchev–Trinajstić information content (AvgIpc) is 3.05. The number of benzene rings is 1. The molecule has 2 aromatic rings. The third kappa shape index (κ3) is 5.22. The standard InChI is InChI=1S/C17H12Cl2N4O3S/c18-12-3-2-10(5-13(12)19)21-15(25)6-11-8-27-17(22-11)23-16(26)9-1-4-14(24)20-7-9/h1-5,7-9H,6H2,(H,21,25)(H,22,23,26). The SMILES string of the molecule is O=C1C=CC(C(=O)Nc2nc(CC(=O)Nc3ccc(Cl)c(Cl)c3)cs2)C=N1. The van der Waals surface area contributed by atoms with Gasteiger partial charge in [0.2, 0.25) is 11.8 Å². The Bertz CT molecular complexity index is 955. The summed E-state index contributed by atoms with van der Waals surface area (Å²) in [7, 11) is 0. The van der Waals surface area contributed by atoms with Gasteiger partial charge in [0.1, 0.15) is 0 Å². The van der Waals surface area contributed by atoms with E-state index in [9.17, 15) is 14.4 Å². The van der Waals surface area contributed by atoms with Crippen molar-refractivity contribution in [1.82, 2.24) is 4.98 Å². The van der Waals surface area contributed by atoms with Crippen molar-refractivity contribution in [3.63, 3.8) is 0 Å². The zero-order valence-electron chi connectivity index (χ0n) is 13.6. The number of anilines is 2.